The largest absolute Gasteiger partial charge is 0.493 e. The van der Waals surface area contributed by atoms with Crippen LogP contribution in [0.15, 0.2) is 40.1 Å². The predicted octanol–water partition coefficient (Wildman–Crippen LogP) is 1.76. The third kappa shape index (κ3) is 4.32. The van der Waals surface area contributed by atoms with Gasteiger partial charge in [-0.05, 0) is 43.8 Å². The first kappa shape index (κ1) is 21.8. The zero-order chi connectivity index (χ0) is 21.1. The summed E-state index contributed by atoms with van der Waals surface area (Å²) in [6.45, 7) is 1.62. The molecule has 0 spiro atoms. The summed E-state index contributed by atoms with van der Waals surface area (Å²) in [6.07, 6.45) is 0. The monoisotopic (exact) mass is 429 g/mol. The first-order valence-corrected chi connectivity index (χ1v) is 11.1. The highest BCUT2D eigenvalue weighted by Crippen LogP contribution is 2.34. The lowest BCUT2D eigenvalue weighted by Crippen LogP contribution is -2.20. The Morgan fingerprint density at radius 2 is 1.43 bits per heavy atom. The van der Waals surface area contributed by atoms with Crippen molar-refractivity contribution in [1.29, 1.82) is 0 Å². The van der Waals surface area contributed by atoms with Crippen LogP contribution in [-0.2, 0) is 20.0 Å². The van der Waals surface area contributed by atoms with Gasteiger partial charge in [0.1, 0.15) is 0 Å². The van der Waals surface area contributed by atoms with Gasteiger partial charge in [-0.3, -0.25) is 4.72 Å². The highest BCUT2D eigenvalue weighted by atomic mass is 32.2. The van der Waals surface area contributed by atoms with Crippen molar-refractivity contribution in [3.8, 4) is 11.5 Å². The van der Waals surface area contributed by atoms with E-state index in [-0.39, 0.29) is 21.2 Å². The molecule has 2 aromatic carbocycles. The fraction of sp³-hybridized carbons (Fsp3) is 0.294. The Labute approximate surface area is 165 Å². The smallest absolute Gasteiger partial charge is 0.262 e. The fourth-order valence-corrected chi connectivity index (χ4v) is 4.63. The summed E-state index contributed by atoms with van der Waals surface area (Å²) in [5.74, 6) is 0.658. The van der Waals surface area contributed by atoms with E-state index in [9.17, 15) is 16.8 Å². The number of anilines is 2. The SMILES string of the molecule is CNc1ccc(S(=O)(=O)NC)cc1NS(=O)(=O)c1cc(OC)c(OC)cc1C. The molecular formula is C17H23N3O6S2. The molecule has 154 valence electrons. The Morgan fingerprint density at radius 1 is 0.821 bits per heavy atom. The van der Waals surface area contributed by atoms with Crippen molar-refractivity contribution in [3.05, 3.63) is 35.9 Å². The lowest BCUT2D eigenvalue weighted by atomic mass is 10.2. The topological polar surface area (TPSA) is 123 Å². The predicted molar refractivity (Wildman–Crippen MR) is 107 cm³/mol. The summed E-state index contributed by atoms with van der Waals surface area (Å²) in [6, 6.07) is 6.99. The fourth-order valence-electron chi connectivity index (χ4n) is 2.56. The van der Waals surface area contributed by atoms with Crippen LogP contribution in [0, 0.1) is 6.92 Å². The van der Waals surface area contributed by atoms with Gasteiger partial charge in [-0.25, -0.2) is 21.6 Å². The Balaban J connectivity index is 2.57. The number of ether oxygens (including phenoxy) is 2. The third-order valence-corrected chi connectivity index (χ3v) is 6.97. The number of benzene rings is 2. The second-order valence-electron chi connectivity index (χ2n) is 5.74. The van der Waals surface area contributed by atoms with Gasteiger partial charge in [-0.2, -0.15) is 0 Å². The first-order chi connectivity index (χ1) is 13.1. The minimum Gasteiger partial charge on any atom is -0.493 e. The van der Waals surface area contributed by atoms with Crippen LogP contribution in [0.2, 0.25) is 0 Å². The van der Waals surface area contributed by atoms with Gasteiger partial charge in [0.25, 0.3) is 10.0 Å². The molecule has 2 rings (SSSR count). The summed E-state index contributed by atoms with van der Waals surface area (Å²) in [7, 11) is -2.05. The number of rotatable bonds is 8. The Bertz CT molecular complexity index is 1080. The van der Waals surface area contributed by atoms with E-state index < -0.39 is 20.0 Å². The van der Waals surface area contributed by atoms with E-state index in [0.717, 1.165) is 0 Å². The molecule has 0 radical (unpaired) electrons. The molecule has 0 saturated carbocycles. The lowest BCUT2D eigenvalue weighted by molar-refractivity contribution is 0.353. The molecule has 11 heteroatoms. The van der Waals surface area contributed by atoms with Gasteiger partial charge in [-0.1, -0.05) is 0 Å². The highest BCUT2D eigenvalue weighted by Gasteiger charge is 2.23. The van der Waals surface area contributed by atoms with Crippen molar-refractivity contribution in [2.75, 3.05) is 38.4 Å². The summed E-state index contributed by atoms with van der Waals surface area (Å²) in [5.41, 5.74) is 0.944. The number of hydrogen-bond donors (Lipinski definition) is 3. The van der Waals surface area contributed by atoms with Gasteiger partial charge in [-0.15, -0.1) is 0 Å². The van der Waals surface area contributed by atoms with E-state index in [0.29, 0.717) is 17.0 Å². The Morgan fingerprint density at radius 3 is 1.96 bits per heavy atom. The molecule has 0 unspecified atom stereocenters. The third-order valence-electron chi connectivity index (χ3n) is 4.05. The molecule has 9 nitrogen and oxygen atoms in total. The van der Waals surface area contributed by atoms with E-state index in [1.54, 1.807) is 20.0 Å². The van der Waals surface area contributed by atoms with Crippen molar-refractivity contribution in [1.82, 2.24) is 4.72 Å². The first-order valence-electron chi connectivity index (χ1n) is 8.10. The normalized spacial score (nSPS) is 11.8. The van der Waals surface area contributed by atoms with Gasteiger partial charge in [0.05, 0.1) is 35.4 Å². The molecular weight excluding hydrogens is 406 g/mol. The highest BCUT2D eigenvalue weighted by molar-refractivity contribution is 7.92. The lowest BCUT2D eigenvalue weighted by Gasteiger charge is -2.17. The zero-order valence-corrected chi connectivity index (χ0v) is 17.8. The van der Waals surface area contributed by atoms with Crippen LogP contribution in [0.4, 0.5) is 11.4 Å². The Kier molecular flexibility index (Phi) is 6.42. The van der Waals surface area contributed by atoms with E-state index in [4.69, 9.17) is 9.47 Å². The molecule has 0 heterocycles. The number of nitrogens with one attached hydrogen (secondary N) is 3. The molecule has 2 aromatic rings. The van der Waals surface area contributed by atoms with Crippen LogP contribution in [0.5, 0.6) is 11.5 Å². The van der Waals surface area contributed by atoms with Crippen molar-refractivity contribution in [3.63, 3.8) is 0 Å². The average Bonchev–Trinajstić information content (AvgIpc) is 2.67. The number of hydrogen-bond acceptors (Lipinski definition) is 7. The molecule has 0 fully saturated rings. The molecule has 28 heavy (non-hydrogen) atoms. The molecule has 0 amide bonds. The second kappa shape index (κ2) is 8.25. The standard InChI is InChI=1S/C17H23N3O6S2/c1-11-8-15(25-4)16(26-5)10-17(11)28(23,24)20-14-9-12(27(21,22)19-3)6-7-13(14)18-2/h6-10,18-20H,1-5H3. The van der Waals surface area contributed by atoms with E-state index in [1.807, 2.05) is 0 Å². The molecule has 0 aliphatic rings. The second-order valence-corrected chi connectivity index (χ2v) is 9.28. The van der Waals surface area contributed by atoms with Crippen molar-refractivity contribution >= 4 is 31.4 Å². The number of aryl methyl sites for hydroxylation is 1. The summed E-state index contributed by atoms with van der Waals surface area (Å²) in [4.78, 5) is -0.0928. The van der Waals surface area contributed by atoms with Crippen LogP contribution < -0.4 is 24.2 Å². The van der Waals surface area contributed by atoms with Gasteiger partial charge in [0, 0.05) is 13.1 Å². The number of methoxy groups -OCH3 is 2. The maximum Gasteiger partial charge on any atom is 0.262 e. The van der Waals surface area contributed by atoms with Crippen LogP contribution in [0.3, 0.4) is 0 Å². The maximum atomic E-state index is 13.0. The Hall–Kier alpha value is -2.50. The van der Waals surface area contributed by atoms with Crippen LogP contribution >= 0.6 is 0 Å². The van der Waals surface area contributed by atoms with Crippen molar-refractivity contribution in [2.24, 2.45) is 0 Å². The summed E-state index contributed by atoms with van der Waals surface area (Å²) in [5, 5.41) is 2.83. The van der Waals surface area contributed by atoms with Crippen molar-refractivity contribution < 1.29 is 26.3 Å². The van der Waals surface area contributed by atoms with E-state index in [1.165, 1.54) is 45.5 Å². The van der Waals surface area contributed by atoms with E-state index >= 15 is 0 Å². The molecule has 0 saturated heterocycles. The van der Waals surface area contributed by atoms with Crippen LogP contribution in [0.25, 0.3) is 0 Å². The van der Waals surface area contributed by atoms with Gasteiger partial charge < -0.3 is 14.8 Å². The quantitative estimate of drug-likeness (QED) is 0.584. The minimum atomic E-state index is -4.04. The molecule has 0 bridgehead atoms. The summed E-state index contributed by atoms with van der Waals surface area (Å²) < 4.78 is 65.1. The molecule has 3 N–H and O–H groups in total. The minimum absolute atomic E-state index is 0.0194. The maximum absolute atomic E-state index is 13.0. The van der Waals surface area contributed by atoms with Crippen LogP contribution in [-0.4, -0.2) is 45.2 Å². The molecule has 0 atom stereocenters. The average molecular weight is 430 g/mol. The summed E-state index contributed by atoms with van der Waals surface area (Å²) >= 11 is 0. The van der Waals surface area contributed by atoms with Gasteiger partial charge in [0.15, 0.2) is 11.5 Å². The van der Waals surface area contributed by atoms with Gasteiger partial charge >= 0.3 is 0 Å². The molecule has 0 aliphatic heterocycles. The van der Waals surface area contributed by atoms with Gasteiger partial charge in [0.2, 0.25) is 10.0 Å². The molecule has 0 aliphatic carbocycles. The van der Waals surface area contributed by atoms with Crippen LogP contribution in [0.1, 0.15) is 5.56 Å². The number of sulfonamides is 2. The molecule has 0 aromatic heterocycles. The van der Waals surface area contributed by atoms with E-state index in [2.05, 4.69) is 14.8 Å². The zero-order valence-electron chi connectivity index (χ0n) is 16.2. The van der Waals surface area contributed by atoms with Crippen molar-refractivity contribution in [2.45, 2.75) is 16.7 Å².